The molecule has 4 nitrogen and oxygen atoms in total. The zero-order valence-electron chi connectivity index (χ0n) is 10.9. The van der Waals surface area contributed by atoms with E-state index in [-0.39, 0.29) is 0 Å². The summed E-state index contributed by atoms with van der Waals surface area (Å²) in [6.07, 6.45) is 1.82. The zero-order valence-corrected chi connectivity index (χ0v) is 11.7. The standard InChI is InChI=1S/C15H15N3OS/c16-6-8-19-12-3-1-2-11(10-12)18-15-13-5-9-20-14(13)4-7-17-15/h1-5,7,9-10H,6,8,16H2,(H,17,18). The topological polar surface area (TPSA) is 60.2 Å². The molecule has 0 spiro atoms. The largest absolute Gasteiger partial charge is 0.492 e. The highest BCUT2D eigenvalue weighted by Crippen LogP contribution is 2.28. The number of fused-ring (bicyclic) bond motifs is 1. The lowest BCUT2D eigenvalue weighted by molar-refractivity contribution is 0.328. The van der Waals surface area contributed by atoms with E-state index in [2.05, 4.69) is 21.7 Å². The molecule has 2 heterocycles. The van der Waals surface area contributed by atoms with E-state index in [4.69, 9.17) is 10.5 Å². The second-order valence-electron chi connectivity index (χ2n) is 4.28. The molecule has 0 saturated carbocycles. The third-order valence-corrected chi connectivity index (χ3v) is 3.75. The molecule has 0 saturated heterocycles. The number of ether oxygens (including phenoxy) is 1. The van der Waals surface area contributed by atoms with E-state index in [0.717, 1.165) is 22.6 Å². The van der Waals surface area contributed by atoms with Gasteiger partial charge in [-0.2, -0.15) is 0 Å². The minimum Gasteiger partial charge on any atom is -0.492 e. The Morgan fingerprint density at radius 3 is 3.10 bits per heavy atom. The zero-order chi connectivity index (χ0) is 13.8. The second-order valence-corrected chi connectivity index (χ2v) is 5.23. The lowest BCUT2D eigenvalue weighted by Gasteiger charge is -2.09. The van der Waals surface area contributed by atoms with Crippen LogP contribution < -0.4 is 15.8 Å². The van der Waals surface area contributed by atoms with Gasteiger partial charge >= 0.3 is 0 Å². The highest BCUT2D eigenvalue weighted by atomic mass is 32.1. The minimum absolute atomic E-state index is 0.507. The summed E-state index contributed by atoms with van der Waals surface area (Å²) in [5.74, 6) is 1.66. The number of benzene rings is 1. The van der Waals surface area contributed by atoms with Crippen LogP contribution in [0.5, 0.6) is 5.75 Å². The molecule has 0 bridgehead atoms. The molecule has 0 unspecified atom stereocenters. The molecule has 0 atom stereocenters. The number of nitrogens with one attached hydrogen (secondary N) is 1. The summed E-state index contributed by atoms with van der Waals surface area (Å²) >= 11 is 1.71. The number of aromatic nitrogens is 1. The van der Waals surface area contributed by atoms with Gasteiger partial charge in [-0.05, 0) is 29.6 Å². The lowest BCUT2D eigenvalue weighted by atomic mass is 10.2. The highest BCUT2D eigenvalue weighted by Gasteiger charge is 2.04. The van der Waals surface area contributed by atoms with E-state index >= 15 is 0 Å². The summed E-state index contributed by atoms with van der Waals surface area (Å²) in [4.78, 5) is 4.40. The Morgan fingerprint density at radius 1 is 1.25 bits per heavy atom. The Hall–Kier alpha value is -2.11. The van der Waals surface area contributed by atoms with Crippen LogP contribution in [0, 0.1) is 0 Å². The molecule has 3 aromatic rings. The first-order valence-electron chi connectivity index (χ1n) is 6.39. The van der Waals surface area contributed by atoms with Crippen LogP contribution in [-0.4, -0.2) is 18.1 Å². The monoisotopic (exact) mass is 285 g/mol. The van der Waals surface area contributed by atoms with Crippen molar-refractivity contribution in [3.63, 3.8) is 0 Å². The van der Waals surface area contributed by atoms with Crippen LogP contribution in [0.25, 0.3) is 10.1 Å². The van der Waals surface area contributed by atoms with Gasteiger partial charge in [0, 0.05) is 34.6 Å². The van der Waals surface area contributed by atoms with Gasteiger partial charge in [-0.15, -0.1) is 11.3 Å². The van der Waals surface area contributed by atoms with Crippen molar-refractivity contribution in [3.8, 4) is 5.75 Å². The SMILES string of the molecule is NCCOc1cccc(Nc2nccc3sccc23)c1. The van der Waals surface area contributed by atoms with Gasteiger partial charge in [0.1, 0.15) is 18.2 Å². The number of rotatable bonds is 5. The van der Waals surface area contributed by atoms with E-state index in [1.165, 1.54) is 4.70 Å². The van der Waals surface area contributed by atoms with Crippen LogP contribution in [0.3, 0.4) is 0 Å². The number of nitrogens with two attached hydrogens (primary N) is 1. The third-order valence-electron chi connectivity index (χ3n) is 2.86. The molecule has 102 valence electrons. The van der Waals surface area contributed by atoms with Crippen molar-refractivity contribution < 1.29 is 4.74 Å². The Balaban J connectivity index is 1.85. The van der Waals surface area contributed by atoms with Crippen LogP contribution in [0.1, 0.15) is 0 Å². The second kappa shape index (κ2) is 5.90. The molecular formula is C15H15N3OS. The third kappa shape index (κ3) is 2.74. The molecule has 20 heavy (non-hydrogen) atoms. The van der Waals surface area contributed by atoms with Crippen molar-refractivity contribution in [2.24, 2.45) is 5.73 Å². The molecule has 0 aliphatic carbocycles. The molecule has 0 aliphatic heterocycles. The first kappa shape index (κ1) is 12.9. The Kier molecular flexibility index (Phi) is 3.80. The smallest absolute Gasteiger partial charge is 0.139 e. The summed E-state index contributed by atoms with van der Waals surface area (Å²) in [7, 11) is 0. The van der Waals surface area contributed by atoms with Gasteiger partial charge in [0.15, 0.2) is 0 Å². The number of anilines is 2. The lowest BCUT2D eigenvalue weighted by Crippen LogP contribution is -2.10. The Bertz CT molecular complexity index is 711. The molecule has 3 rings (SSSR count). The maximum absolute atomic E-state index is 5.52. The van der Waals surface area contributed by atoms with Gasteiger partial charge in [-0.1, -0.05) is 6.07 Å². The van der Waals surface area contributed by atoms with Gasteiger partial charge in [0.05, 0.1) is 0 Å². The molecule has 0 radical (unpaired) electrons. The van der Waals surface area contributed by atoms with Gasteiger partial charge in [0.25, 0.3) is 0 Å². The van der Waals surface area contributed by atoms with E-state index in [1.54, 1.807) is 11.3 Å². The van der Waals surface area contributed by atoms with E-state index < -0.39 is 0 Å². The van der Waals surface area contributed by atoms with Crippen molar-refractivity contribution in [3.05, 3.63) is 48.0 Å². The maximum atomic E-state index is 5.52. The molecule has 2 aromatic heterocycles. The van der Waals surface area contributed by atoms with Crippen molar-refractivity contribution in [1.82, 2.24) is 4.98 Å². The fraction of sp³-hybridized carbons (Fsp3) is 0.133. The quantitative estimate of drug-likeness (QED) is 0.754. The Labute approximate surface area is 121 Å². The first-order chi connectivity index (χ1) is 9.86. The number of hydrogen-bond acceptors (Lipinski definition) is 5. The van der Waals surface area contributed by atoms with Crippen molar-refractivity contribution >= 4 is 32.9 Å². The Morgan fingerprint density at radius 2 is 2.20 bits per heavy atom. The molecule has 0 aliphatic rings. The summed E-state index contributed by atoms with van der Waals surface area (Å²) in [6, 6.07) is 11.9. The highest BCUT2D eigenvalue weighted by molar-refractivity contribution is 7.17. The van der Waals surface area contributed by atoms with Gasteiger partial charge in [-0.25, -0.2) is 4.98 Å². The molecular weight excluding hydrogens is 270 g/mol. The number of thiophene rings is 1. The van der Waals surface area contributed by atoms with Crippen molar-refractivity contribution in [2.75, 3.05) is 18.5 Å². The van der Waals surface area contributed by atoms with E-state index in [0.29, 0.717) is 13.2 Å². The maximum Gasteiger partial charge on any atom is 0.139 e. The van der Waals surface area contributed by atoms with Crippen molar-refractivity contribution in [2.45, 2.75) is 0 Å². The number of pyridine rings is 1. The number of nitrogens with zero attached hydrogens (tertiary/aromatic N) is 1. The average molecular weight is 285 g/mol. The first-order valence-corrected chi connectivity index (χ1v) is 7.27. The molecule has 3 N–H and O–H groups in total. The predicted octanol–water partition coefficient (Wildman–Crippen LogP) is 3.38. The van der Waals surface area contributed by atoms with Crippen LogP contribution in [-0.2, 0) is 0 Å². The molecule has 0 fully saturated rings. The van der Waals surface area contributed by atoms with E-state index in [9.17, 15) is 0 Å². The van der Waals surface area contributed by atoms with Gasteiger partial charge in [-0.3, -0.25) is 0 Å². The fourth-order valence-electron chi connectivity index (χ4n) is 1.97. The molecule has 5 heteroatoms. The van der Waals surface area contributed by atoms with E-state index in [1.807, 2.05) is 36.5 Å². The summed E-state index contributed by atoms with van der Waals surface area (Å²) < 4.78 is 6.74. The summed E-state index contributed by atoms with van der Waals surface area (Å²) in [5.41, 5.74) is 6.39. The van der Waals surface area contributed by atoms with Crippen LogP contribution >= 0.6 is 11.3 Å². The van der Waals surface area contributed by atoms with Crippen molar-refractivity contribution in [1.29, 1.82) is 0 Å². The fourth-order valence-corrected chi connectivity index (χ4v) is 2.75. The molecule has 1 aromatic carbocycles. The molecule has 0 amide bonds. The van der Waals surface area contributed by atoms with Crippen LogP contribution in [0.15, 0.2) is 48.0 Å². The van der Waals surface area contributed by atoms with Crippen LogP contribution in [0.4, 0.5) is 11.5 Å². The van der Waals surface area contributed by atoms with Gasteiger partial charge < -0.3 is 15.8 Å². The number of hydrogen-bond donors (Lipinski definition) is 2. The normalized spacial score (nSPS) is 10.7. The summed E-state index contributed by atoms with van der Waals surface area (Å²) in [6.45, 7) is 1.02. The minimum atomic E-state index is 0.507. The summed E-state index contributed by atoms with van der Waals surface area (Å²) in [5, 5.41) is 6.53. The average Bonchev–Trinajstić information content (AvgIpc) is 2.95. The van der Waals surface area contributed by atoms with Crippen LogP contribution in [0.2, 0.25) is 0 Å². The predicted molar refractivity (Wildman–Crippen MR) is 83.9 cm³/mol. The van der Waals surface area contributed by atoms with Gasteiger partial charge in [0.2, 0.25) is 0 Å².